The van der Waals surface area contributed by atoms with Crippen molar-refractivity contribution in [2.24, 2.45) is 11.7 Å². The molecule has 0 aliphatic carbocycles. The van der Waals surface area contributed by atoms with Gasteiger partial charge in [0, 0.05) is 24.6 Å². The maximum absolute atomic E-state index is 13.4. The van der Waals surface area contributed by atoms with Crippen molar-refractivity contribution in [2.75, 3.05) is 37.7 Å². The van der Waals surface area contributed by atoms with E-state index in [0.29, 0.717) is 25.3 Å². The highest BCUT2D eigenvalue weighted by Crippen LogP contribution is 2.38. The first-order valence-electron chi connectivity index (χ1n) is 11.7. The third-order valence-corrected chi connectivity index (χ3v) is 5.67. The molecule has 1 atom stereocenters. The van der Waals surface area contributed by atoms with Crippen molar-refractivity contribution in [1.82, 2.24) is 15.3 Å². The van der Waals surface area contributed by atoms with Gasteiger partial charge >= 0.3 is 18.4 Å². The minimum atomic E-state index is -4.65. The second-order valence-electron chi connectivity index (χ2n) is 9.58. The van der Waals surface area contributed by atoms with Crippen LogP contribution in [0, 0.1) is 5.92 Å². The normalized spacial score (nSPS) is 15.8. The summed E-state index contributed by atoms with van der Waals surface area (Å²) in [5.41, 5.74) is 3.52. The summed E-state index contributed by atoms with van der Waals surface area (Å²) in [6.07, 6.45) is -4.11. The Morgan fingerprint density at radius 2 is 2.00 bits per heavy atom. The van der Waals surface area contributed by atoms with Crippen LogP contribution in [0.25, 0.3) is 11.4 Å². The molecule has 38 heavy (non-hydrogen) atoms. The summed E-state index contributed by atoms with van der Waals surface area (Å²) >= 11 is 5.75. The number of halogens is 4. The molecule has 0 radical (unpaired) electrons. The predicted molar refractivity (Wildman–Crippen MR) is 133 cm³/mol. The number of ether oxygens (including phenoxy) is 3. The summed E-state index contributed by atoms with van der Waals surface area (Å²) in [5, 5.41) is 2.14. The van der Waals surface area contributed by atoms with Crippen LogP contribution in [0.3, 0.4) is 0 Å². The van der Waals surface area contributed by atoms with Gasteiger partial charge in [-0.1, -0.05) is 11.6 Å². The second kappa shape index (κ2) is 11.9. The third kappa shape index (κ3) is 8.27. The van der Waals surface area contributed by atoms with Gasteiger partial charge in [-0.2, -0.15) is 13.2 Å². The van der Waals surface area contributed by atoms with Crippen molar-refractivity contribution in [3.8, 4) is 17.1 Å². The van der Waals surface area contributed by atoms with E-state index in [-0.39, 0.29) is 42.8 Å². The first-order chi connectivity index (χ1) is 17.7. The maximum Gasteiger partial charge on any atom is 0.417 e. The Bertz CT molecular complexity index is 1160. The van der Waals surface area contributed by atoms with E-state index >= 15 is 0 Å². The van der Waals surface area contributed by atoms with Crippen LogP contribution in [-0.2, 0) is 15.7 Å². The average Bonchev–Trinajstić information content (AvgIpc) is 3.28. The monoisotopic (exact) mass is 559 g/mol. The molecule has 1 aliphatic rings. The van der Waals surface area contributed by atoms with Crippen molar-refractivity contribution < 1.29 is 37.0 Å². The van der Waals surface area contributed by atoms with Crippen LogP contribution < -0.4 is 20.7 Å². The van der Waals surface area contributed by atoms with Crippen LogP contribution in [0.1, 0.15) is 32.8 Å². The smallest absolute Gasteiger partial charge is 0.417 e. The highest BCUT2D eigenvalue weighted by atomic mass is 35.5. The molecule has 0 spiro atoms. The number of nitrogens with two attached hydrogens (primary N) is 1. The van der Waals surface area contributed by atoms with Crippen molar-refractivity contribution in [3.05, 3.63) is 35.0 Å². The lowest BCUT2D eigenvalue weighted by molar-refractivity contribution is -0.137. The van der Waals surface area contributed by atoms with Gasteiger partial charge in [0.05, 0.1) is 29.9 Å². The van der Waals surface area contributed by atoms with E-state index in [1.165, 1.54) is 12.3 Å². The third-order valence-electron chi connectivity index (χ3n) is 5.34. The number of anilines is 1. The number of amides is 2. The Morgan fingerprint density at radius 3 is 2.66 bits per heavy atom. The summed E-state index contributed by atoms with van der Waals surface area (Å²) in [6, 6.07) is 3.43. The van der Waals surface area contributed by atoms with E-state index in [9.17, 15) is 22.8 Å². The molecule has 208 valence electrons. The van der Waals surface area contributed by atoms with Gasteiger partial charge in [0.2, 0.25) is 0 Å². The molecule has 1 fully saturated rings. The molecular weight excluding hydrogens is 531 g/mol. The number of hydrogen-bond acceptors (Lipinski definition) is 8. The summed E-state index contributed by atoms with van der Waals surface area (Å²) in [5.74, 6) is 0.617. The number of nitrogens with one attached hydrogen (secondary N) is 1. The Morgan fingerprint density at radius 1 is 1.26 bits per heavy atom. The van der Waals surface area contributed by atoms with Gasteiger partial charge in [0.1, 0.15) is 12.2 Å². The number of nitrogens with zero attached hydrogens (tertiary/aromatic N) is 3. The highest BCUT2D eigenvalue weighted by Gasteiger charge is 2.34. The fraction of sp³-hybridized carbons (Fsp3) is 0.500. The molecule has 1 aromatic carbocycles. The Hall–Kier alpha value is -3.48. The number of alkyl carbamates (subject to hydrolysis) is 1. The number of carbonyl (C=O) groups excluding carboxylic acids is 2. The van der Waals surface area contributed by atoms with E-state index < -0.39 is 34.5 Å². The van der Waals surface area contributed by atoms with E-state index in [4.69, 9.17) is 31.5 Å². The van der Waals surface area contributed by atoms with Crippen LogP contribution in [0.15, 0.2) is 24.4 Å². The number of benzene rings is 1. The molecule has 1 aliphatic heterocycles. The fourth-order valence-electron chi connectivity index (χ4n) is 3.70. The molecule has 1 saturated heterocycles. The molecule has 0 unspecified atom stereocenters. The predicted octanol–water partition coefficient (Wildman–Crippen LogP) is 4.64. The molecule has 3 N–H and O–H groups in total. The Kier molecular flexibility index (Phi) is 9.13. The zero-order valence-electron chi connectivity index (χ0n) is 21.1. The zero-order chi connectivity index (χ0) is 28.1. The van der Waals surface area contributed by atoms with Crippen molar-refractivity contribution >= 4 is 29.6 Å². The Labute approximate surface area is 222 Å². The van der Waals surface area contributed by atoms with Gasteiger partial charge in [-0.05, 0) is 45.4 Å². The summed E-state index contributed by atoms with van der Waals surface area (Å²) in [4.78, 5) is 33.4. The molecule has 0 bridgehead atoms. The number of carbonyl (C=O) groups is 2. The minimum absolute atomic E-state index is 0.0324. The van der Waals surface area contributed by atoms with Crippen molar-refractivity contribution in [2.45, 2.75) is 39.0 Å². The van der Waals surface area contributed by atoms with Gasteiger partial charge in [-0.25, -0.2) is 19.6 Å². The first-order valence-corrected chi connectivity index (χ1v) is 12.1. The first kappa shape index (κ1) is 29.1. The molecule has 0 saturated carbocycles. The summed E-state index contributed by atoms with van der Waals surface area (Å²) in [6.45, 7) is 6.47. The molecule has 2 aromatic rings. The largest absolute Gasteiger partial charge is 0.486 e. The highest BCUT2D eigenvalue weighted by molar-refractivity contribution is 6.31. The topological polar surface area (TPSA) is 129 Å². The van der Waals surface area contributed by atoms with Gasteiger partial charge in [-0.3, -0.25) is 0 Å². The lowest BCUT2D eigenvalue weighted by Gasteiger charge is -2.22. The molecule has 14 heteroatoms. The van der Waals surface area contributed by atoms with Gasteiger partial charge in [-0.15, -0.1) is 0 Å². The number of aromatic nitrogens is 2. The number of primary amides is 1. The molecule has 10 nitrogen and oxygen atoms in total. The van der Waals surface area contributed by atoms with Crippen molar-refractivity contribution in [3.63, 3.8) is 0 Å². The van der Waals surface area contributed by atoms with Crippen LogP contribution in [0.4, 0.5) is 28.6 Å². The lowest BCUT2D eigenvalue weighted by Crippen LogP contribution is -2.34. The SMILES string of the molecule is CC(C)(C)OC(=O)NCCOc1cnc(-c2ccc(Cl)c(C(F)(F)F)c2)nc1N1CC[C@H](COC(N)=O)C1. The van der Waals surface area contributed by atoms with E-state index in [1.54, 1.807) is 20.8 Å². The van der Waals surface area contributed by atoms with Crippen LogP contribution in [0.5, 0.6) is 5.75 Å². The van der Waals surface area contributed by atoms with Crippen LogP contribution in [0.2, 0.25) is 5.02 Å². The zero-order valence-corrected chi connectivity index (χ0v) is 21.9. The molecule has 2 amide bonds. The maximum atomic E-state index is 13.4. The quantitative estimate of drug-likeness (QED) is 0.448. The summed E-state index contributed by atoms with van der Waals surface area (Å²) in [7, 11) is 0. The van der Waals surface area contributed by atoms with Gasteiger partial charge in [0.25, 0.3) is 0 Å². The fourth-order valence-corrected chi connectivity index (χ4v) is 3.92. The van der Waals surface area contributed by atoms with Crippen LogP contribution >= 0.6 is 11.6 Å². The number of alkyl halides is 3. The molecular formula is C24H29ClF3N5O5. The number of rotatable bonds is 8. The second-order valence-corrected chi connectivity index (χ2v) is 9.99. The standard InChI is InChI=1S/C24H29ClF3N5O5/c1-23(2,3)38-22(35)30-7-9-36-18-11-31-19(15-4-5-17(25)16(10-15)24(26,27)28)32-20(18)33-8-6-14(12-33)13-37-21(29)34/h4-5,10-11,14H,6-9,12-13H2,1-3H3,(H2,29,34)(H,30,35)/t14-/m0/s1. The van der Waals surface area contributed by atoms with E-state index in [0.717, 1.165) is 12.1 Å². The Balaban J connectivity index is 1.82. The van der Waals surface area contributed by atoms with Crippen LogP contribution in [-0.4, -0.2) is 60.6 Å². The minimum Gasteiger partial charge on any atom is -0.486 e. The lowest BCUT2D eigenvalue weighted by atomic mass is 10.1. The summed E-state index contributed by atoms with van der Waals surface area (Å²) < 4.78 is 56.1. The van der Waals surface area contributed by atoms with Gasteiger partial charge in [0.15, 0.2) is 17.4 Å². The van der Waals surface area contributed by atoms with Gasteiger partial charge < -0.3 is 30.2 Å². The average molecular weight is 560 g/mol. The number of hydrogen-bond donors (Lipinski definition) is 2. The van der Waals surface area contributed by atoms with E-state index in [1.807, 2.05) is 4.90 Å². The molecule has 3 rings (SSSR count). The van der Waals surface area contributed by atoms with E-state index in [2.05, 4.69) is 15.3 Å². The molecule has 2 heterocycles. The molecule has 1 aromatic heterocycles. The van der Waals surface area contributed by atoms with Crippen molar-refractivity contribution in [1.29, 1.82) is 0 Å².